The smallest absolute Gasteiger partial charge is 0.372 e. The molecule has 96 valence electrons. The molecule has 0 fully saturated rings. The van der Waals surface area contributed by atoms with E-state index in [9.17, 15) is 14.4 Å². The summed E-state index contributed by atoms with van der Waals surface area (Å²) in [6, 6.07) is 4.97. The van der Waals surface area contributed by atoms with Crippen molar-refractivity contribution in [1.29, 1.82) is 0 Å². The molecular weight excluding hydrogens is 279 g/mol. The Bertz CT molecular complexity index is 497. The number of halogens is 2. The van der Waals surface area contributed by atoms with Crippen LogP contribution in [0, 0.1) is 0 Å². The summed E-state index contributed by atoms with van der Waals surface area (Å²) in [6.07, 6.45) is -0.0870. The zero-order valence-corrected chi connectivity index (χ0v) is 10.8. The molecule has 0 radical (unpaired) electrons. The fourth-order valence-corrected chi connectivity index (χ4v) is 1.64. The molecule has 6 heteroatoms. The summed E-state index contributed by atoms with van der Waals surface area (Å²) in [6.45, 7) is 0. The van der Waals surface area contributed by atoms with Gasteiger partial charge in [0.25, 0.3) is 0 Å². The SMILES string of the molecule is O=C(CCc1ccc(Cl)c(Cl)c1)CC(=O)C(=O)O. The van der Waals surface area contributed by atoms with E-state index in [-0.39, 0.29) is 6.42 Å². The van der Waals surface area contributed by atoms with Crippen molar-refractivity contribution in [2.24, 2.45) is 0 Å². The van der Waals surface area contributed by atoms with E-state index in [1.165, 1.54) is 0 Å². The molecule has 1 aromatic carbocycles. The van der Waals surface area contributed by atoms with Gasteiger partial charge in [-0.3, -0.25) is 9.59 Å². The fraction of sp³-hybridized carbons (Fsp3) is 0.250. The van der Waals surface area contributed by atoms with E-state index in [4.69, 9.17) is 28.3 Å². The molecule has 0 aliphatic heterocycles. The molecular formula is C12H10Cl2O4. The first-order valence-corrected chi connectivity index (χ1v) is 5.87. The maximum Gasteiger partial charge on any atom is 0.372 e. The van der Waals surface area contributed by atoms with Crippen LogP contribution in [-0.2, 0) is 20.8 Å². The van der Waals surface area contributed by atoms with Crippen LogP contribution in [0.25, 0.3) is 0 Å². The number of Topliss-reactive ketones (excluding diaryl/α,β-unsaturated/α-hetero) is 2. The zero-order valence-electron chi connectivity index (χ0n) is 9.28. The Labute approximate surface area is 114 Å². The number of carboxylic acids is 1. The highest BCUT2D eigenvalue weighted by Gasteiger charge is 2.16. The minimum absolute atomic E-state index is 0.0942. The van der Waals surface area contributed by atoms with Crippen LogP contribution in [-0.4, -0.2) is 22.6 Å². The largest absolute Gasteiger partial charge is 0.475 e. The molecule has 0 saturated heterocycles. The number of aliphatic carboxylic acids is 1. The van der Waals surface area contributed by atoms with Crippen LogP contribution in [0.3, 0.4) is 0 Å². The number of carboxylic acid groups (broad SMARTS) is 1. The maximum absolute atomic E-state index is 11.3. The van der Waals surface area contributed by atoms with E-state index in [1.54, 1.807) is 18.2 Å². The summed E-state index contributed by atoms with van der Waals surface area (Å²) in [5, 5.41) is 9.16. The summed E-state index contributed by atoms with van der Waals surface area (Å²) in [4.78, 5) is 32.4. The molecule has 1 aromatic rings. The van der Waals surface area contributed by atoms with E-state index >= 15 is 0 Å². The summed E-state index contributed by atoms with van der Waals surface area (Å²) < 4.78 is 0. The third-order valence-corrected chi connectivity index (χ3v) is 3.01. The molecule has 0 atom stereocenters. The molecule has 18 heavy (non-hydrogen) atoms. The molecule has 0 bridgehead atoms. The van der Waals surface area contributed by atoms with E-state index in [0.29, 0.717) is 16.5 Å². The van der Waals surface area contributed by atoms with Gasteiger partial charge in [-0.15, -0.1) is 0 Å². The van der Waals surface area contributed by atoms with Crippen LogP contribution in [0.5, 0.6) is 0 Å². The molecule has 4 nitrogen and oxygen atoms in total. The van der Waals surface area contributed by atoms with Crippen LogP contribution in [0.15, 0.2) is 18.2 Å². The number of hydrogen-bond acceptors (Lipinski definition) is 3. The molecule has 0 unspecified atom stereocenters. The van der Waals surface area contributed by atoms with Crippen molar-refractivity contribution in [2.75, 3.05) is 0 Å². The quantitative estimate of drug-likeness (QED) is 0.645. The van der Waals surface area contributed by atoms with Gasteiger partial charge in [-0.05, 0) is 24.1 Å². The predicted molar refractivity (Wildman–Crippen MR) is 67.0 cm³/mol. The second-order valence-corrected chi connectivity index (χ2v) is 4.51. The Hall–Kier alpha value is -1.39. The maximum atomic E-state index is 11.3. The van der Waals surface area contributed by atoms with Crippen LogP contribution in [0.2, 0.25) is 10.0 Å². The lowest BCUT2D eigenvalue weighted by Crippen LogP contribution is -2.17. The summed E-state index contributed by atoms with van der Waals surface area (Å²) in [5.74, 6) is -3.08. The monoisotopic (exact) mass is 288 g/mol. The number of aryl methyl sites for hydroxylation is 1. The van der Waals surface area contributed by atoms with Crippen molar-refractivity contribution in [1.82, 2.24) is 0 Å². The van der Waals surface area contributed by atoms with E-state index in [1.807, 2.05) is 0 Å². The van der Waals surface area contributed by atoms with Crippen LogP contribution >= 0.6 is 23.2 Å². The van der Waals surface area contributed by atoms with Crippen molar-refractivity contribution in [3.8, 4) is 0 Å². The molecule has 0 aliphatic carbocycles. The number of rotatable bonds is 6. The topological polar surface area (TPSA) is 71.4 Å². The fourth-order valence-electron chi connectivity index (χ4n) is 1.32. The van der Waals surface area contributed by atoms with Gasteiger partial charge in [0.15, 0.2) is 0 Å². The van der Waals surface area contributed by atoms with Gasteiger partial charge in [-0.1, -0.05) is 29.3 Å². The summed E-state index contributed by atoms with van der Waals surface area (Å²) >= 11 is 11.5. The van der Waals surface area contributed by atoms with E-state index in [2.05, 4.69) is 0 Å². The van der Waals surface area contributed by atoms with Crippen LogP contribution in [0.4, 0.5) is 0 Å². The number of benzene rings is 1. The molecule has 1 rings (SSSR count). The first kappa shape index (κ1) is 14.7. The highest BCUT2D eigenvalue weighted by molar-refractivity contribution is 6.42. The predicted octanol–water partition coefficient (Wildman–Crippen LogP) is 2.54. The molecule has 1 N–H and O–H groups in total. The average molecular weight is 289 g/mol. The van der Waals surface area contributed by atoms with Crippen molar-refractivity contribution < 1.29 is 19.5 Å². The summed E-state index contributed by atoms with van der Waals surface area (Å²) in [5.41, 5.74) is 0.806. The van der Waals surface area contributed by atoms with Gasteiger partial charge in [-0.25, -0.2) is 4.79 Å². The van der Waals surface area contributed by atoms with Gasteiger partial charge in [-0.2, -0.15) is 0 Å². The van der Waals surface area contributed by atoms with E-state index < -0.39 is 24.0 Å². The van der Waals surface area contributed by atoms with Gasteiger partial charge in [0.1, 0.15) is 5.78 Å². The number of ketones is 2. The Morgan fingerprint density at radius 1 is 1.11 bits per heavy atom. The second-order valence-electron chi connectivity index (χ2n) is 3.69. The highest BCUT2D eigenvalue weighted by Crippen LogP contribution is 2.23. The van der Waals surface area contributed by atoms with Crippen LogP contribution in [0.1, 0.15) is 18.4 Å². The van der Waals surface area contributed by atoms with Crippen LogP contribution < -0.4 is 0 Å². The third-order valence-electron chi connectivity index (χ3n) is 2.27. The second kappa shape index (κ2) is 6.52. The Morgan fingerprint density at radius 3 is 2.33 bits per heavy atom. The molecule has 0 aromatic heterocycles. The van der Waals surface area contributed by atoms with Gasteiger partial charge in [0, 0.05) is 6.42 Å². The van der Waals surface area contributed by atoms with Gasteiger partial charge >= 0.3 is 5.97 Å². The number of hydrogen-bond donors (Lipinski definition) is 1. The Balaban J connectivity index is 2.50. The Kier molecular flexibility index (Phi) is 5.31. The minimum atomic E-state index is -1.59. The molecule has 0 amide bonds. The number of carbonyl (C=O) groups is 3. The lowest BCUT2D eigenvalue weighted by molar-refractivity contribution is -0.150. The van der Waals surface area contributed by atoms with Crippen molar-refractivity contribution in [3.63, 3.8) is 0 Å². The molecule has 0 heterocycles. The normalized spacial score (nSPS) is 10.1. The number of carbonyl (C=O) groups excluding carboxylic acids is 2. The first-order valence-electron chi connectivity index (χ1n) is 5.12. The first-order chi connectivity index (χ1) is 8.40. The van der Waals surface area contributed by atoms with Gasteiger partial charge in [0.05, 0.1) is 16.5 Å². The summed E-state index contributed by atoms with van der Waals surface area (Å²) in [7, 11) is 0. The van der Waals surface area contributed by atoms with Crippen molar-refractivity contribution in [2.45, 2.75) is 19.3 Å². The van der Waals surface area contributed by atoms with Gasteiger partial charge in [0.2, 0.25) is 5.78 Å². The lowest BCUT2D eigenvalue weighted by atomic mass is 10.0. The Morgan fingerprint density at radius 2 is 1.78 bits per heavy atom. The highest BCUT2D eigenvalue weighted by atomic mass is 35.5. The standard InChI is InChI=1S/C12H10Cl2O4/c13-9-4-2-7(5-10(9)14)1-3-8(15)6-11(16)12(17)18/h2,4-5H,1,3,6H2,(H,17,18). The third kappa shape index (κ3) is 4.47. The van der Waals surface area contributed by atoms with E-state index in [0.717, 1.165) is 5.56 Å². The zero-order chi connectivity index (χ0) is 13.7. The molecule has 0 saturated carbocycles. The average Bonchev–Trinajstić information content (AvgIpc) is 2.30. The molecule has 0 spiro atoms. The van der Waals surface area contributed by atoms with Gasteiger partial charge < -0.3 is 5.11 Å². The van der Waals surface area contributed by atoms with Crippen molar-refractivity contribution in [3.05, 3.63) is 33.8 Å². The lowest BCUT2D eigenvalue weighted by Gasteiger charge is -2.02. The molecule has 0 aliphatic rings. The minimum Gasteiger partial charge on any atom is -0.475 e. The van der Waals surface area contributed by atoms with Crippen molar-refractivity contribution >= 4 is 40.7 Å².